The molecule has 1 aromatic heterocycles. The SMILES string of the molecule is N#CN1CC(c2cccc(F)c2)[C@]2(CNc3cccnc3N2)C1=O. The molecule has 7 heteroatoms. The molecule has 3 heterocycles. The highest BCUT2D eigenvalue weighted by Crippen LogP contribution is 2.42. The fraction of sp³-hybridized carbons (Fsp3) is 0.235. The molecule has 24 heavy (non-hydrogen) atoms. The number of anilines is 2. The minimum atomic E-state index is -1.06. The fourth-order valence-electron chi connectivity index (χ4n) is 3.49. The van der Waals surface area contributed by atoms with Crippen molar-refractivity contribution in [2.24, 2.45) is 0 Å². The molecule has 2 aliphatic heterocycles. The predicted octanol–water partition coefficient (Wildman–Crippen LogP) is 1.90. The maximum absolute atomic E-state index is 13.7. The average Bonchev–Trinajstić information content (AvgIpc) is 2.87. The van der Waals surface area contributed by atoms with E-state index in [2.05, 4.69) is 15.6 Å². The molecule has 0 bridgehead atoms. The van der Waals surface area contributed by atoms with Crippen LogP contribution in [0.2, 0.25) is 0 Å². The summed E-state index contributed by atoms with van der Waals surface area (Å²) in [5, 5.41) is 15.7. The summed E-state index contributed by atoms with van der Waals surface area (Å²) in [6, 6.07) is 9.82. The quantitative estimate of drug-likeness (QED) is 0.784. The number of likely N-dealkylation sites (tertiary alicyclic amines) is 1. The molecule has 2 atom stereocenters. The van der Waals surface area contributed by atoms with E-state index in [9.17, 15) is 14.4 Å². The normalized spacial score (nSPS) is 24.9. The number of halogens is 1. The minimum absolute atomic E-state index is 0.204. The van der Waals surface area contributed by atoms with E-state index >= 15 is 0 Å². The van der Waals surface area contributed by atoms with Crippen LogP contribution in [0.15, 0.2) is 42.6 Å². The van der Waals surface area contributed by atoms with Crippen molar-refractivity contribution < 1.29 is 9.18 Å². The van der Waals surface area contributed by atoms with E-state index in [0.717, 1.165) is 10.6 Å². The standard InChI is InChI=1S/C17H14FN5O/c18-12-4-1-3-11(7-12)13-8-23(10-19)16(24)17(13)9-21-14-5-2-6-20-15(14)22-17/h1-7,13,21H,8-9H2,(H,20,22)/t13?,17-/m1/s1. The molecule has 2 aromatic rings. The van der Waals surface area contributed by atoms with Gasteiger partial charge in [0.1, 0.15) is 17.2 Å². The number of hydrogen-bond donors (Lipinski definition) is 2. The van der Waals surface area contributed by atoms with E-state index in [-0.39, 0.29) is 24.2 Å². The Hall–Kier alpha value is -3.14. The van der Waals surface area contributed by atoms with Crippen molar-refractivity contribution in [3.05, 3.63) is 54.0 Å². The molecule has 120 valence electrons. The van der Waals surface area contributed by atoms with Crippen LogP contribution < -0.4 is 10.6 Å². The third kappa shape index (κ3) is 2.00. The molecule has 1 fully saturated rings. The van der Waals surface area contributed by atoms with E-state index in [1.54, 1.807) is 24.4 Å². The first-order valence-electron chi connectivity index (χ1n) is 7.58. The molecule has 2 aliphatic rings. The highest BCUT2D eigenvalue weighted by molar-refractivity contribution is 5.97. The van der Waals surface area contributed by atoms with Gasteiger partial charge in [0, 0.05) is 25.2 Å². The molecule has 0 radical (unpaired) electrons. The Labute approximate surface area is 137 Å². The third-order valence-corrected chi connectivity index (χ3v) is 4.67. The number of nitriles is 1. The van der Waals surface area contributed by atoms with Crippen LogP contribution in [0, 0.1) is 17.3 Å². The summed E-state index contributed by atoms with van der Waals surface area (Å²) in [4.78, 5) is 18.3. The first-order valence-corrected chi connectivity index (χ1v) is 7.58. The van der Waals surface area contributed by atoms with Crippen molar-refractivity contribution in [3.63, 3.8) is 0 Å². The lowest BCUT2D eigenvalue weighted by Crippen LogP contribution is -2.56. The number of pyridine rings is 1. The smallest absolute Gasteiger partial charge is 0.263 e. The minimum Gasteiger partial charge on any atom is -0.379 e. The molecule has 1 unspecified atom stereocenters. The Kier molecular flexibility index (Phi) is 3.13. The van der Waals surface area contributed by atoms with Crippen molar-refractivity contribution in [2.75, 3.05) is 23.7 Å². The van der Waals surface area contributed by atoms with Gasteiger partial charge in [0.15, 0.2) is 6.19 Å². The number of hydrogen-bond acceptors (Lipinski definition) is 5. The zero-order chi connectivity index (χ0) is 16.7. The Morgan fingerprint density at radius 3 is 3.04 bits per heavy atom. The number of benzene rings is 1. The fourth-order valence-corrected chi connectivity index (χ4v) is 3.49. The van der Waals surface area contributed by atoms with Gasteiger partial charge in [-0.15, -0.1) is 0 Å². The number of rotatable bonds is 1. The monoisotopic (exact) mass is 323 g/mol. The van der Waals surface area contributed by atoms with Crippen LogP contribution in [-0.2, 0) is 4.79 Å². The first kappa shape index (κ1) is 14.5. The van der Waals surface area contributed by atoms with Crippen LogP contribution in [0.1, 0.15) is 11.5 Å². The van der Waals surface area contributed by atoms with Crippen LogP contribution in [0.5, 0.6) is 0 Å². The number of nitrogens with zero attached hydrogens (tertiary/aromatic N) is 3. The first-order chi connectivity index (χ1) is 11.6. The van der Waals surface area contributed by atoms with Crippen LogP contribution in [0.4, 0.5) is 15.9 Å². The zero-order valence-corrected chi connectivity index (χ0v) is 12.7. The van der Waals surface area contributed by atoms with Crippen molar-refractivity contribution >= 4 is 17.4 Å². The second kappa shape index (κ2) is 5.20. The summed E-state index contributed by atoms with van der Waals surface area (Å²) >= 11 is 0. The number of nitrogens with one attached hydrogen (secondary N) is 2. The van der Waals surface area contributed by atoms with Gasteiger partial charge >= 0.3 is 0 Å². The molecule has 0 aliphatic carbocycles. The van der Waals surface area contributed by atoms with Crippen LogP contribution >= 0.6 is 0 Å². The Balaban J connectivity index is 1.81. The van der Waals surface area contributed by atoms with Gasteiger partial charge in [0.05, 0.1) is 5.69 Å². The maximum Gasteiger partial charge on any atom is 0.263 e. The summed E-state index contributed by atoms with van der Waals surface area (Å²) in [7, 11) is 0. The van der Waals surface area contributed by atoms with Gasteiger partial charge in [-0.3, -0.25) is 4.79 Å². The second-order valence-corrected chi connectivity index (χ2v) is 5.97. The molecule has 1 amide bonds. The summed E-state index contributed by atoms with van der Waals surface area (Å²) in [5.74, 6) is -0.517. The second-order valence-electron chi connectivity index (χ2n) is 5.97. The van der Waals surface area contributed by atoms with E-state index in [1.807, 2.05) is 12.3 Å². The largest absolute Gasteiger partial charge is 0.379 e. The lowest BCUT2D eigenvalue weighted by Gasteiger charge is -2.38. The number of aromatic nitrogens is 1. The number of carbonyl (C=O) groups excluding carboxylic acids is 1. The van der Waals surface area contributed by atoms with E-state index in [0.29, 0.717) is 17.9 Å². The van der Waals surface area contributed by atoms with Gasteiger partial charge in [0.2, 0.25) is 0 Å². The highest BCUT2D eigenvalue weighted by Gasteiger charge is 2.56. The summed E-state index contributed by atoms with van der Waals surface area (Å²) < 4.78 is 13.7. The Morgan fingerprint density at radius 1 is 1.38 bits per heavy atom. The van der Waals surface area contributed by atoms with Gasteiger partial charge in [0.25, 0.3) is 5.91 Å². The topological polar surface area (TPSA) is 81.1 Å². The molecular weight excluding hydrogens is 309 g/mol. The van der Waals surface area contributed by atoms with Crippen molar-refractivity contribution in [3.8, 4) is 6.19 Å². The molecule has 2 N–H and O–H groups in total. The van der Waals surface area contributed by atoms with Crippen LogP contribution in [0.25, 0.3) is 0 Å². The molecular formula is C17H14FN5O. The lowest BCUT2D eigenvalue weighted by molar-refractivity contribution is -0.128. The van der Waals surface area contributed by atoms with Crippen molar-refractivity contribution in [1.29, 1.82) is 5.26 Å². The van der Waals surface area contributed by atoms with Gasteiger partial charge < -0.3 is 10.6 Å². The highest BCUT2D eigenvalue weighted by atomic mass is 19.1. The van der Waals surface area contributed by atoms with Gasteiger partial charge in [-0.2, -0.15) is 5.26 Å². The van der Waals surface area contributed by atoms with Gasteiger partial charge in [-0.25, -0.2) is 14.3 Å². The third-order valence-electron chi connectivity index (χ3n) is 4.67. The van der Waals surface area contributed by atoms with E-state index in [4.69, 9.17) is 0 Å². The van der Waals surface area contributed by atoms with Crippen molar-refractivity contribution in [1.82, 2.24) is 9.88 Å². The Morgan fingerprint density at radius 2 is 2.25 bits per heavy atom. The van der Waals surface area contributed by atoms with Crippen LogP contribution in [0.3, 0.4) is 0 Å². The molecule has 1 saturated heterocycles. The average molecular weight is 323 g/mol. The van der Waals surface area contributed by atoms with Gasteiger partial charge in [-0.05, 0) is 29.8 Å². The molecule has 4 rings (SSSR count). The number of carbonyl (C=O) groups is 1. The number of amides is 1. The van der Waals surface area contributed by atoms with E-state index in [1.165, 1.54) is 12.1 Å². The molecule has 1 spiro atoms. The van der Waals surface area contributed by atoms with Gasteiger partial charge in [-0.1, -0.05) is 12.1 Å². The van der Waals surface area contributed by atoms with E-state index < -0.39 is 5.54 Å². The molecule has 6 nitrogen and oxygen atoms in total. The van der Waals surface area contributed by atoms with Crippen molar-refractivity contribution in [2.45, 2.75) is 11.5 Å². The van der Waals surface area contributed by atoms with Crippen LogP contribution in [-0.4, -0.2) is 34.4 Å². The predicted molar refractivity (Wildman–Crippen MR) is 85.5 cm³/mol. The summed E-state index contributed by atoms with van der Waals surface area (Å²) in [5.41, 5.74) is 0.407. The maximum atomic E-state index is 13.7. The summed E-state index contributed by atoms with van der Waals surface area (Å²) in [6.45, 7) is 0.500. The molecule has 0 saturated carbocycles. The Bertz CT molecular complexity index is 864. The zero-order valence-electron chi connectivity index (χ0n) is 12.7. The summed E-state index contributed by atoms with van der Waals surface area (Å²) in [6.07, 6.45) is 3.56. The lowest BCUT2D eigenvalue weighted by atomic mass is 9.80. The molecule has 1 aromatic carbocycles. The number of fused-ring (bicyclic) bond motifs is 1.